The first-order valence-corrected chi connectivity index (χ1v) is 7.55. The molecule has 3 unspecified atom stereocenters. The van der Waals surface area contributed by atoms with Gasteiger partial charge in [-0.1, -0.05) is 26.0 Å². The summed E-state index contributed by atoms with van der Waals surface area (Å²) in [4.78, 5) is 18.7. The zero-order valence-corrected chi connectivity index (χ0v) is 12.5. The van der Waals surface area contributed by atoms with Crippen LogP contribution in [0.25, 0.3) is 0 Å². The summed E-state index contributed by atoms with van der Waals surface area (Å²) in [7, 11) is 0. The summed E-state index contributed by atoms with van der Waals surface area (Å²) in [5.74, 6) is 0.626. The Bertz CT molecular complexity index is 528. The number of rotatable bonds is 3. The van der Waals surface area contributed by atoms with Crippen molar-refractivity contribution in [2.24, 2.45) is 5.92 Å². The van der Waals surface area contributed by atoms with Gasteiger partial charge >= 0.3 is 0 Å². The van der Waals surface area contributed by atoms with Crippen molar-refractivity contribution < 1.29 is 4.79 Å². The van der Waals surface area contributed by atoms with Crippen LogP contribution < -0.4 is 10.9 Å². The average Bonchev–Trinajstić information content (AvgIpc) is 3.17. The van der Waals surface area contributed by atoms with E-state index in [-0.39, 0.29) is 24.0 Å². The second kappa shape index (κ2) is 5.95. The maximum absolute atomic E-state index is 12.7. The van der Waals surface area contributed by atoms with Gasteiger partial charge in [-0.25, -0.2) is 10.9 Å². The summed E-state index contributed by atoms with van der Waals surface area (Å²) in [6.45, 7) is 5.03. The Morgan fingerprint density at radius 2 is 2.10 bits per heavy atom. The van der Waals surface area contributed by atoms with E-state index in [9.17, 15) is 4.79 Å². The lowest BCUT2D eigenvalue weighted by Crippen LogP contribution is -2.48. The predicted molar refractivity (Wildman–Crippen MR) is 81.1 cm³/mol. The number of nitrogens with zero attached hydrogens (tertiary/aromatic N) is 2. The largest absolute Gasteiger partial charge is 0.331 e. The molecular formula is C16H22N4O. The number of hydrogen-bond acceptors (Lipinski definition) is 4. The van der Waals surface area contributed by atoms with E-state index in [1.165, 1.54) is 0 Å². The van der Waals surface area contributed by atoms with Crippen LogP contribution >= 0.6 is 0 Å². The monoisotopic (exact) mass is 286 g/mol. The molecule has 0 aromatic carbocycles. The molecule has 5 heteroatoms. The number of nitrogens with one attached hydrogen (secondary N) is 2. The van der Waals surface area contributed by atoms with Gasteiger partial charge in [0.25, 0.3) is 0 Å². The highest BCUT2D eigenvalue weighted by Gasteiger charge is 2.36. The number of amides is 1. The SMILES string of the molecule is CC(C)C1C=CCN1C(=O)C1CC(c2ccncc2)NN1. The van der Waals surface area contributed by atoms with E-state index >= 15 is 0 Å². The van der Waals surface area contributed by atoms with Crippen LogP contribution in [0, 0.1) is 5.92 Å². The highest BCUT2D eigenvalue weighted by atomic mass is 16.2. The van der Waals surface area contributed by atoms with Crippen LogP contribution in [0.1, 0.15) is 31.9 Å². The quantitative estimate of drug-likeness (QED) is 0.825. The molecule has 0 saturated carbocycles. The second-order valence-electron chi connectivity index (χ2n) is 6.06. The van der Waals surface area contributed by atoms with Crippen LogP contribution in [-0.2, 0) is 4.79 Å². The van der Waals surface area contributed by atoms with Crippen molar-refractivity contribution in [3.05, 3.63) is 42.2 Å². The minimum absolute atomic E-state index is 0.162. The summed E-state index contributed by atoms with van der Waals surface area (Å²) in [5.41, 5.74) is 7.54. The Balaban J connectivity index is 1.65. The molecule has 1 aromatic heterocycles. The van der Waals surface area contributed by atoms with Crippen LogP contribution in [0.5, 0.6) is 0 Å². The topological polar surface area (TPSA) is 57.3 Å². The molecule has 3 rings (SSSR count). The Hall–Kier alpha value is -1.72. The molecule has 3 atom stereocenters. The van der Waals surface area contributed by atoms with Gasteiger partial charge in [0.05, 0.1) is 6.04 Å². The number of hydrazine groups is 1. The van der Waals surface area contributed by atoms with Crippen molar-refractivity contribution in [2.75, 3.05) is 6.54 Å². The first-order chi connectivity index (χ1) is 10.2. The summed E-state index contributed by atoms with van der Waals surface area (Å²) in [5, 5.41) is 0. The lowest BCUT2D eigenvalue weighted by molar-refractivity contribution is -0.134. The lowest BCUT2D eigenvalue weighted by atomic mass is 10.0. The van der Waals surface area contributed by atoms with Gasteiger partial charge in [-0.15, -0.1) is 0 Å². The predicted octanol–water partition coefficient (Wildman–Crippen LogP) is 1.41. The van der Waals surface area contributed by atoms with E-state index in [0.29, 0.717) is 5.92 Å². The van der Waals surface area contributed by atoms with E-state index in [1.807, 2.05) is 17.0 Å². The maximum atomic E-state index is 12.7. The summed E-state index contributed by atoms with van der Waals surface area (Å²) >= 11 is 0. The molecule has 0 radical (unpaired) electrons. The van der Waals surface area contributed by atoms with Gasteiger partial charge in [-0.05, 0) is 30.0 Å². The summed E-state index contributed by atoms with van der Waals surface area (Å²) < 4.78 is 0. The molecule has 1 aromatic rings. The zero-order valence-electron chi connectivity index (χ0n) is 12.5. The van der Waals surface area contributed by atoms with Gasteiger partial charge in [0.1, 0.15) is 6.04 Å². The van der Waals surface area contributed by atoms with Crippen molar-refractivity contribution in [1.82, 2.24) is 20.7 Å². The number of carbonyl (C=O) groups excluding carboxylic acids is 1. The normalized spacial score (nSPS) is 28.5. The molecule has 0 bridgehead atoms. The van der Waals surface area contributed by atoms with Crippen molar-refractivity contribution in [3.63, 3.8) is 0 Å². The fourth-order valence-corrected chi connectivity index (χ4v) is 3.09. The number of hydrogen-bond donors (Lipinski definition) is 2. The third-order valence-corrected chi connectivity index (χ3v) is 4.27. The molecule has 0 aliphatic carbocycles. The van der Waals surface area contributed by atoms with E-state index in [1.54, 1.807) is 12.4 Å². The van der Waals surface area contributed by atoms with Gasteiger partial charge in [0.2, 0.25) is 5.91 Å². The van der Waals surface area contributed by atoms with Gasteiger partial charge in [-0.3, -0.25) is 9.78 Å². The molecule has 5 nitrogen and oxygen atoms in total. The number of pyridine rings is 1. The van der Waals surface area contributed by atoms with E-state index < -0.39 is 0 Å². The van der Waals surface area contributed by atoms with E-state index in [2.05, 4.69) is 41.8 Å². The minimum atomic E-state index is -0.163. The van der Waals surface area contributed by atoms with Crippen molar-refractivity contribution in [1.29, 1.82) is 0 Å². The fraction of sp³-hybridized carbons (Fsp3) is 0.500. The van der Waals surface area contributed by atoms with Crippen LogP contribution in [-0.4, -0.2) is 34.4 Å². The Morgan fingerprint density at radius 3 is 2.81 bits per heavy atom. The van der Waals surface area contributed by atoms with Crippen molar-refractivity contribution in [3.8, 4) is 0 Å². The molecule has 2 aliphatic rings. The molecule has 3 heterocycles. The second-order valence-corrected chi connectivity index (χ2v) is 6.06. The van der Waals surface area contributed by atoms with Gasteiger partial charge in [0.15, 0.2) is 0 Å². The van der Waals surface area contributed by atoms with Crippen molar-refractivity contribution in [2.45, 2.75) is 38.4 Å². The lowest BCUT2D eigenvalue weighted by Gasteiger charge is -2.29. The first-order valence-electron chi connectivity index (χ1n) is 7.55. The Morgan fingerprint density at radius 1 is 1.33 bits per heavy atom. The third kappa shape index (κ3) is 2.84. The zero-order chi connectivity index (χ0) is 14.8. The molecular weight excluding hydrogens is 264 g/mol. The van der Waals surface area contributed by atoms with Gasteiger partial charge < -0.3 is 4.90 Å². The van der Waals surface area contributed by atoms with Crippen LogP contribution in [0.3, 0.4) is 0 Å². The van der Waals surface area contributed by atoms with Crippen LogP contribution in [0.2, 0.25) is 0 Å². The maximum Gasteiger partial charge on any atom is 0.241 e. The highest BCUT2D eigenvalue weighted by molar-refractivity contribution is 5.83. The average molecular weight is 286 g/mol. The fourth-order valence-electron chi connectivity index (χ4n) is 3.09. The van der Waals surface area contributed by atoms with Gasteiger partial charge in [-0.2, -0.15) is 0 Å². The summed E-state index contributed by atoms with van der Waals surface area (Å²) in [6, 6.07) is 4.19. The van der Waals surface area contributed by atoms with E-state index in [0.717, 1.165) is 18.5 Å². The Kier molecular flexibility index (Phi) is 4.03. The first kappa shape index (κ1) is 14.2. The van der Waals surface area contributed by atoms with Crippen molar-refractivity contribution >= 4 is 5.91 Å². The molecule has 21 heavy (non-hydrogen) atoms. The van der Waals surface area contributed by atoms with E-state index in [4.69, 9.17) is 0 Å². The molecule has 112 valence electrons. The molecule has 2 N–H and O–H groups in total. The Labute approximate surface area is 125 Å². The number of aromatic nitrogens is 1. The van der Waals surface area contributed by atoms with Gasteiger partial charge in [0, 0.05) is 25.0 Å². The number of carbonyl (C=O) groups is 1. The molecule has 1 fully saturated rings. The molecule has 1 saturated heterocycles. The molecule has 0 spiro atoms. The molecule has 1 amide bonds. The standard InChI is InChI=1S/C16H22N4O/c1-11(2)15-4-3-9-20(15)16(21)14-10-13(18-19-14)12-5-7-17-8-6-12/h3-8,11,13-15,18-19H,9-10H2,1-2H3. The minimum Gasteiger partial charge on any atom is -0.331 e. The smallest absolute Gasteiger partial charge is 0.241 e. The summed E-state index contributed by atoms with van der Waals surface area (Å²) in [6.07, 6.45) is 8.57. The third-order valence-electron chi connectivity index (χ3n) is 4.27. The van der Waals surface area contributed by atoms with Crippen LogP contribution in [0.15, 0.2) is 36.7 Å². The molecule has 2 aliphatic heterocycles. The highest BCUT2D eigenvalue weighted by Crippen LogP contribution is 2.25. The van der Waals surface area contributed by atoms with Crippen LogP contribution in [0.4, 0.5) is 0 Å².